The number of hydrogen-bond acceptors (Lipinski definition) is 4. The van der Waals surface area contributed by atoms with E-state index in [9.17, 15) is 4.79 Å². The van der Waals surface area contributed by atoms with Crippen LogP contribution in [0.3, 0.4) is 0 Å². The molecule has 2 unspecified atom stereocenters. The van der Waals surface area contributed by atoms with Crippen LogP contribution in [0.25, 0.3) is 0 Å². The first-order valence-corrected chi connectivity index (χ1v) is 6.40. The van der Waals surface area contributed by atoms with Crippen LogP contribution in [-0.4, -0.2) is 15.5 Å². The Morgan fingerprint density at radius 3 is 3.16 bits per heavy atom. The molecule has 5 nitrogen and oxygen atoms in total. The number of hydrogen-bond donors (Lipinski definition) is 0. The fourth-order valence-electron chi connectivity index (χ4n) is 2.07. The van der Waals surface area contributed by atoms with Crippen molar-refractivity contribution in [3.8, 4) is 0 Å². The van der Waals surface area contributed by atoms with Gasteiger partial charge in [0.05, 0.1) is 18.4 Å². The number of aromatic nitrogens is 2. The standard InChI is InChI=1S/C13H13ClN2O3/c1-16-11(14)6-15-12(16)7-19-13(17)9-5-8(9)10-3-2-4-18-10/h2-4,6,8-9H,5,7H2,1H3. The van der Waals surface area contributed by atoms with E-state index in [1.165, 1.54) is 6.20 Å². The topological polar surface area (TPSA) is 57.3 Å². The molecule has 6 heteroatoms. The Hall–Kier alpha value is -1.75. The lowest BCUT2D eigenvalue weighted by molar-refractivity contribution is -0.147. The minimum Gasteiger partial charge on any atom is -0.469 e. The summed E-state index contributed by atoms with van der Waals surface area (Å²) in [5.41, 5.74) is 0. The van der Waals surface area contributed by atoms with Crippen molar-refractivity contribution in [2.45, 2.75) is 18.9 Å². The fourth-order valence-corrected chi connectivity index (χ4v) is 2.22. The second-order valence-corrected chi connectivity index (χ2v) is 5.02. The van der Waals surface area contributed by atoms with Crippen molar-refractivity contribution in [2.24, 2.45) is 13.0 Å². The first-order chi connectivity index (χ1) is 9.16. The minimum absolute atomic E-state index is 0.0955. The molecule has 19 heavy (non-hydrogen) atoms. The first-order valence-electron chi connectivity index (χ1n) is 6.03. The number of esters is 1. The van der Waals surface area contributed by atoms with E-state index in [2.05, 4.69) is 4.98 Å². The number of ether oxygens (including phenoxy) is 1. The molecule has 1 fully saturated rings. The molecule has 0 spiro atoms. The smallest absolute Gasteiger partial charge is 0.310 e. The summed E-state index contributed by atoms with van der Waals surface area (Å²) < 4.78 is 12.2. The van der Waals surface area contributed by atoms with Gasteiger partial charge in [0.1, 0.15) is 23.3 Å². The molecule has 2 heterocycles. The van der Waals surface area contributed by atoms with Crippen LogP contribution < -0.4 is 0 Å². The lowest BCUT2D eigenvalue weighted by Gasteiger charge is -2.04. The van der Waals surface area contributed by atoms with Gasteiger partial charge in [-0.2, -0.15) is 0 Å². The molecule has 1 aliphatic rings. The molecule has 1 aliphatic carbocycles. The summed E-state index contributed by atoms with van der Waals surface area (Å²) in [6, 6.07) is 3.71. The van der Waals surface area contributed by atoms with Crippen molar-refractivity contribution >= 4 is 17.6 Å². The summed E-state index contributed by atoms with van der Waals surface area (Å²) in [5.74, 6) is 1.34. The Labute approximate surface area is 115 Å². The average Bonchev–Trinajstić information content (AvgIpc) is 2.89. The van der Waals surface area contributed by atoms with Crippen LogP contribution in [0.15, 0.2) is 29.0 Å². The predicted octanol–water partition coefficient (Wildman–Crippen LogP) is 2.51. The van der Waals surface area contributed by atoms with Crippen LogP contribution in [0.2, 0.25) is 5.15 Å². The molecular formula is C13H13ClN2O3. The summed E-state index contributed by atoms with van der Waals surface area (Å²) in [5, 5.41) is 0.519. The van der Waals surface area contributed by atoms with E-state index in [1.807, 2.05) is 12.1 Å². The molecule has 0 amide bonds. The molecule has 3 rings (SSSR count). The highest BCUT2D eigenvalue weighted by molar-refractivity contribution is 6.29. The van der Waals surface area contributed by atoms with Crippen LogP contribution in [-0.2, 0) is 23.2 Å². The maximum absolute atomic E-state index is 11.9. The predicted molar refractivity (Wildman–Crippen MR) is 67.6 cm³/mol. The zero-order valence-electron chi connectivity index (χ0n) is 10.4. The van der Waals surface area contributed by atoms with Crippen LogP contribution in [0.5, 0.6) is 0 Å². The second-order valence-electron chi connectivity index (χ2n) is 4.63. The first kappa shape index (κ1) is 12.3. The highest BCUT2D eigenvalue weighted by atomic mass is 35.5. The van der Waals surface area contributed by atoms with Crippen molar-refractivity contribution < 1.29 is 13.9 Å². The normalized spacial score (nSPS) is 21.4. The number of halogens is 1. The number of carbonyl (C=O) groups is 1. The lowest BCUT2D eigenvalue weighted by atomic mass is 10.2. The maximum Gasteiger partial charge on any atom is 0.310 e. The fraction of sp³-hybridized carbons (Fsp3) is 0.385. The van der Waals surface area contributed by atoms with Crippen molar-refractivity contribution in [2.75, 3.05) is 0 Å². The Morgan fingerprint density at radius 1 is 1.68 bits per heavy atom. The Kier molecular flexibility index (Phi) is 3.06. The van der Waals surface area contributed by atoms with Crippen molar-refractivity contribution in [1.29, 1.82) is 0 Å². The highest BCUT2D eigenvalue weighted by Gasteiger charge is 2.47. The SMILES string of the molecule is Cn1c(Cl)cnc1COC(=O)C1CC1c1ccco1. The van der Waals surface area contributed by atoms with Gasteiger partial charge in [-0.25, -0.2) is 4.98 Å². The third kappa shape index (κ3) is 2.38. The number of imidazole rings is 1. The molecule has 2 aromatic rings. The van der Waals surface area contributed by atoms with Gasteiger partial charge in [0, 0.05) is 13.0 Å². The summed E-state index contributed by atoms with van der Waals surface area (Å²) in [6.45, 7) is 0.142. The Balaban J connectivity index is 1.55. The van der Waals surface area contributed by atoms with Crippen LogP contribution >= 0.6 is 11.6 Å². The monoisotopic (exact) mass is 280 g/mol. The van der Waals surface area contributed by atoms with E-state index in [-0.39, 0.29) is 24.4 Å². The number of furan rings is 1. The third-order valence-electron chi connectivity index (χ3n) is 3.37. The van der Waals surface area contributed by atoms with Gasteiger partial charge in [0.2, 0.25) is 0 Å². The number of rotatable bonds is 4. The zero-order valence-corrected chi connectivity index (χ0v) is 11.1. The van der Waals surface area contributed by atoms with E-state index in [0.717, 1.165) is 12.2 Å². The maximum atomic E-state index is 11.9. The van der Waals surface area contributed by atoms with Crippen molar-refractivity contribution in [3.05, 3.63) is 41.3 Å². The lowest BCUT2D eigenvalue weighted by Crippen LogP contribution is -2.10. The molecule has 100 valence electrons. The molecule has 0 aliphatic heterocycles. The molecular weight excluding hydrogens is 268 g/mol. The van der Waals surface area contributed by atoms with E-state index in [1.54, 1.807) is 17.9 Å². The second kappa shape index (κ2) is 4.74. The minimum atomic E-state index is -0.208. The van der Waals surface area contributed by atoms with Gasteiger partial charge < -0.3 is 13.7 Å². The van der Waals surface area contributed by atoms with E-state index >= 15 is 0 Å². The van der Waals surface area contributed by atoms with Gasteiger partial charge in [-0.15, -0.1) is 0 Å². The summed E-state index contributed by atoms with van der Waals surface area (Å²) >= 11 is 5.86. The molecule has 1 saturated carbocycles. The van der Waals surface area contributed by atoms with Gasteiger partial charge in [0.25, 0.3) is 0 Å². The van der Waals surface area contributed by atoms with Gasteiger partial charge >= 0.3 is 5.97 Å². The van der Waals surface area contributed by atoms with Crippen LogP contribution in [0.1, 0.15) is 23.9 Å². The van der Waals surface area contributed by atoms with Crippen molar-refractivity contribution in [3.63, 3.8) is 0 Å². The molecule has 2 aromatic heterocycles. The number of nitrogens with zero attached hydrogens (tertiary/aromatic N) is 2. The summed E-state index contributed by atoms with van der Waals surface area (Å²) in [4.78, 5) is 15.9. The molecule has 0 aromatic carbocycles. The quantitative estimate of drug-likeness (QED) is 0.808. The van der Waals surface area contributed by atoms with E-state index in [4.69, 9.17) is 20.8 Å². The Bertz CT molecular complexity index is 591. The van der Waals surface area contributed by atoms with Gasteiger partial charge in [0.15, 0.2) is 0 Å². The zero-order chi connectivity index (χ0) is 13.4. The third-order valence-corrected chi connectivity index (χ3v) is 3.72. The molecule has 0 bridgehead atoms. The van der Waals surface area contributed by atoms with E-state index in [0.29, 0.717) is 11.0 Å². The molecule has 0 radical (unpaired) electrons. The summed E-state index contributed by atoms with van der Waals surface area (Å²) in [7, 11) is 1.78. The van der Waals surface area contributed by atoms with Crippen molar-refractivity contribution in [1.82, 2.24) is 9.55 Å². The van der Waals surface area contributed by atoms with E-state index < -0.39 is 0 Å². The van der Waals surface area contributed by atoms with Gasteiger partial charge in [-0.3, -0.25) is 4.79 Å². The van der Waals surface area contributed by atoms with Gasteiger partial charge in [-0.05, 0) is 18.6 Å². The largest absolute Gasteiger partial charge is 0.469 e. The van der Waals surface area contributed by atoms with Crippen LogP contribution in [0, 0.1) is 5.92 Å². The molecule has 0 N–H and O–H groups in total. The Morgan fingerprint density at radius 2 is 2.53 bits per heavy atom. The van der Waals surface area contributed by atoms with Gasteiger partial charge in [-0.1, -0.05) is 11.6 Å². The number of carbonyl (C=O) groups excluding carboxylic acids is 1. The molecule has 2 atom stereocenters. The highest BCUT2D eigenvalue weighted by Crippen LogP contribution is 2.48. The summed E-state index contributed by atoms with van der Waals surface area (Å²) in [6.07, 6.45) is 3.94. The average molecular weight is 281 g/mol. The van der Waals surface area contributed by atoms with Crippen LogP contribution in [0.4, 0.5) is 0 Å². The molecule has 0 saturated heterocycles.